The maximum Gasteiger partial charge on any atom is 0.176 e. The lowest BCUT2D eigenvalue weighted by molar-refractivity contribution is -0.279. The standard InChI is InChI=1S/C15H30N2O7/c1-15(2,3)13-11(21)12(7(5-18)22-13)24-14-8(17)10(20)9(19)6(4-16)23-14/h6-14,18-21H,4-5,16-17H2,1-3H3/t6-,7+,8?,9?,10-,11?,12-,13+,14-/m0/s1. The van der Waals surface area contributed by atoms with E-state index in [1.807, 2.05) is 20.8 Å². The van der Waals surface area contributed by atoms with Gasteiger partial charge in [0.1, 0.15) is 36.6 Å². The Morgan fingerprint density at radius 2 is 1.62 bits per heavy atom. The van der Waals surface area contributed by atoms with Crippen molar-refractivity contribution < 1.29 is 34.6 Å². The SMILES string of the molecule is CC(C)(C)[C@@H]1O[C@H](CO)[C@H](O[C@@H]2O[C@@H](CN)C(O)[C@@H](O)C2N)C1O. The molecule has 2 heterocycles. The summed E-state index contributed by atoms with van der Waals surface area (Å²) < 4.78 is 17.0. The smallest absolute Gasteiger partial charge is 0.176 e. The van der Waals surface area contributed by atoms with Crippen LogP contribution >= 0.6 is 0 Å². The van der Waals surface area contributed by atoms with Gasteiger partial charge in [-0.25, -0.2) is 0 Å². The molecule has 9 heteroatoms. The van der Waals surface area contributed by atoms with Crippen molar-refractivity contribution in [3.63, 3.8) is 0 Å². The zero-order valence-electron chi connectivity index (χ0n) is 14.3. The van der Waals surface area contributed by atoms with Gasteiger partial charge in [0.15, 0.2) is 6.29 Å². The minimum Gasteiger partial charge on any atom is -0.394 e. The maximum atomic E-state index is 10.5. The van der Waals surface area contributed by atoms with Gasteiger partial charge in [-0.1, -0.05) is 20.8 Å². The van der Waals surface area contributed by atoms with E-state index in [1.165, 1.54) is 0 Å². The molecule has 9 atom stereocenters. The summed E-state index contributed by atoms with van der Waals surface area (Å²) in [5.74, 6) is 0. The van der Waals surface area contributed by atoms with Crippen LogP contribution in [0.2, 0.25) is 0 Å². The Bertz CT molecular complexity index is 417. The number of ether oxygens (including phenoxy) is 3. The Kier molecular flexibility index (Phi) is 6.22. The quantitative estimate of drug-likeness (QED) is 0.316. The van der Waals surface area contributed by atoms with E-state index in [2.05, 4.69) is 0 Å². The van der Waals surface area contributed by atoms with Crippen LogP contribution < -0.4 is 11.5 Å². The third-order valence-corrected chi connectivity index (χ3v) is 4.64. The first-order chi connectivity index (χ1) is 11.1. The fourth-order valence-corrected chi connectivity index (χ4v) is 3.19. The van der Waals surface area contributed by atoms with Crippen molar-refractivity contribution in [2.75, 3.05) is 13.2 Å². The van der Waals surface area contributed by atoms with Crippen molar-refractivity contribution in [1.82, 2.24) is 0 Å². The Balaban J connectivity index is 2.13. The number of hydrogen-bond acceptors (Lipinski definition) is 9. The van der Waals surface area contributed by atoms with Gasteiger partial charge in [0.2, 0.25) is 0 Å². The summed E-state index contributed by atoms with van der Waals surface area (Å²) in [5.41, 5.74) is 11.0. The van der Waals surface area contributed by atoms with Crippen LogP contribution in [-0.2, 0) is 14.2 Å². The molecule has 0 aromatic heterocycles. The average Bonchev–Trinajstić information content (AvgIpc) is 2.84. The van der Waals surface area contributed by atoms with Crippen LogP contribution in [0.4, 0.5) is 0 Å². The molecule has 3 unspecified atom stereocenters. The van der Waals surface area contributed by atoms with Crippen molar-refractivity contribution in [2.24, 2.45) is 16.9 Å². The molecule has 2 aliphatic rings. The fraction of sp³-hybridized carbons (Fsp3) is 1.00. The van der Waals surface area contributed by atoms with Crippen LogP contribution in [0.1, 0.15) is 20.8 Å². The van der Waals surface area contributed by atoms with Crippen molar-refractivity contribution in [1.29, 1.82) is 0 Å². The van der Waals surface area contributed by atoms with Crippen LogP contribution in [0, 0.1) is 5.41 Å². The molecule has 0 aromatic rings. The number of aliphatic hydroxyl groups excluding tert-OH is 4. The summed E-state index contributed by atoms with van der Waals surface area (Å²) in [6.07, 6.45) is -7.59. The molecule has 2 fully saturated rings. The van der Waals surface area contributed by atoms with Gasteiger partial charge in [0, 0.05) is 6.54 Å². The summed E-state index contributed by atoms with van der Waals surface area (Å²) in [6, 6.07) is -1.02. The molecule has 0 amide bonds. The highest BCUT2D eigenvalue weighted by Crippen LogP contribution is 2.36. The lowest BCUT2D eigenvalue weighted by atomic mass is 9.85. The van der Waals surface area contributed by atoms with Crippen molar-refractivity contribution in [2.45, 2.75) is 75.8 Å². The first-order valence-electron chi connectivity index (χ1n) is 8.19. The molecule has 0 bridgehead atoms. The molecule has 0 saturated carbocycles. The maximum absolute atomic E-state index is 10.5. The molecular weight excluding hydrogens is 320 g/mol. The van der Waals surface area contributed by atoms with Crippen LogP contribution in [0.15, 0.2) is 0 Å². The molecular formula is C15H30N2O7. The predicted molar refractivity (Wildman–Crippen MR) is 83.8 cm³/mol. The van der Waals surface area contributed by atoms with Gasteiger partial charge >= 0.3 is 0 Å². The Morgan fingerprint density at radius 3 is 2.12 bits per heavy atom. The third-order valence-electron chi connectivity index (χ3n) is 4.64. The molecule has 8 N–H and O–H groups in total. The van der Waals surface area contributed by atoms with E-state index in [9.17, 15) is 20.4 Å². The number of rotatable bonds is 4. The zero-order chi connectivity index (χ0) is 18.2. The summed E-state index contributed by atoms with van der Waals surface area (Å²) >= 11 is 0. The van der Waals surface area contributed by atoms with Crippen LogP contribution in [0.3, 0.4) is 0 Å². The highest BCUT2D eigenvalue weighted by Gasteiger charge is 2.52. The van der Waals surface area contributed by atoms with Crippen LogP contribution in [0.25, 0.3) is 0 Å². The highest BCUT2D eigenvalue weighted by atomic mass is 16.7. The van der Waals surface area contributed by atoms with Crippen LogP contribution in [0.5, 0.6) is 0 Å². The molecule has 0 aromatic carbocycles. The second-order valence-electron chi connectivity index (χ2n) is 7.57. The largest absolute Gasteiger partial charge is 0.394 e. The topological polar surface area (TPSA) is 161 Å². The summed E-state index contributed by atoms with van der Waals surface area (Å²) in [7, 11) is 0. The second kappa shape index (κ2) is 7.48. The van der Waals surface area contributed by atoms with E-state index in [1.54, 1.807) is 0 Å². The van der Waals surface area contributed by atoms with E-state index in [0.717, 1.165) is 0 Å². The fourth-order valence-electron chi connectivity index (χ4n) is 3.19. The normalized spacial score (nSPS) is 47.1. The van der Waals surface area contributed by atoms with Gasteiger partial charge in [-0.3, -0.25) is 0 Å². The number of nitrogens with two attached hydrogens (primary N) is 2. The molecule has 0 aliphatic carbocycles. The predicted octanol–water partition coefficient (Wildman–Crippen LogP) is -2.73. The van der Waals surface area contributed by atoms with E-state index in [-0.39, 0.29) is 18.6 Å². The van der Waals surface area contributed by atoms with Gasteiger partial charge in [-0.15, -0.1) is 0 Å². The molecule has 0 radical (unpaired) electrons. The lowest BCUT2D eigenvalue weighted by Crippen LogP contribution is -2.64. The Labute approximate surface area is 141 Å². The van der Waals surface area contributed by atoms with Gasteiger partial charge in [0.05, 0.1) is 18.8 Å². The Hall–Kier alpha value is -0.360. The summed E-state index contributed by atoms with van der Waals surface area (Å²) in [6.45, 7) is 5.35. The van der Waals surface area contributed by atoms with Gasteiger partial charge < -0.3 is 46.1 Å². The second-order valence-corrected chi connectivity index (χ2v) is 7.57. The third kappa shape index (κ3) is 3.74. The van der Waals surface area contributed by atoms with Gasteiger partial charge in [0.25, 0.3) is 0 Å². The monoisotopic (exact) mass is 350 g/mol. The molecule has 2 rings (SSSR count). The van der Waals surface area contributed by atoms with E-state index < -0.39 is 55.1 Å². The first-order valence-corrected chi connectivity index (χ1v) is 8.19. The molecule has 0 spiro atoms. The van der Waals surface area contributed by atoms with Crippen molar-refractivity contribution >= 4 is 0 Å². The molecule has 9 nitrogen and oxygen atoms in total. The molecule has 2 aliphatic heterocycles. The minimum atomic E-state index is -1.28. The number of aliphatic hydroxyl groups is 4. The number of hydrogen-bond donors (Lipinski definition) is 6. The molecule has 2 saturated heterocycles. The van der Waals surface area contributed by atoms with Crippen molar-refractivity contribution in [3.05, 3.63) is 0 Å². The summed E-state index contributed by atoms with van der Waals surface area (Å²) in [5, 5.41) is 40.0. The molecule has 24 heavy (non-hydrogen) atoms. The van der Waals surface area contributed by atoms with Crippen molar-refractivity contribution in [3.8, 4) is 0 Å². The van der Waals surface area contributed by atoms with E-state index in [0.29, 0.717) is 0 Å². The lowest BCUT2D eigenvalue weighted by Gasteiger charge is -2.42. The first kappa shape index (κ1) is 20.0. The zero-order valence-corrected chi connectivity index (χ0v) is 14.3. The van der Waals surface area contributed by atoms with E-state index in [4.69, 9.17) is 25.7 Å². The molecule has 142 valence electrons. The van der Waals surface area contributed by atoms with Crippen LogP contribution in [-0.4, -0.2) is 88.6 Å². The van der Waals surface area contributed by atoms with E-state index >= 15 is 0 Å². The average molecular weight is 350 g/mol. The van der Waals surface area contributed by atoms with Gasteiger partial charge in [-0.05, 0) is 5.41 Å². The Morgan fingerprint density at radius 1 is 1.00 bits per heavy atom. The summed E-state index contributed by atoms with van der Waals surface area (Å²) in [4.78, 5) is 0. The van der Waals surface area contributed by atoms with Gasteiger partial charge in [-0.2, -0.15) is 0 Å². The highest BCUT2D eigenvalue weighted by molar-refractivity contribution is 4.99. The minimum absolute atomic E-state index is 0.0252.